The number of nitrogens with zero attached hydrogens (tertiary/aromatic N) is 1. The lowest BCUT2D eigenvalue weighted by molar-refractivity contribution is 0.0961. The maximum Gasteiger partial charge on any atom is 0.294 e. The van der Waals surface area contributed by atoms with E-state index in [1.54, 1.807) is 34.9 Å². The van der Waals surface area contributed by atoms with Gasteiger partial charge in [-0.05, 0) is 30.3 Å². The lowest BCUT2D eigenvalue weighted by atomic mass is 10.2. The topological polar surface area (TPSA) is 50.5 Å². The van der Waals surface area contributed by atoms with Crippen LogP contribution in [-0.2, 0) is 0 Å². The van der Waals surface area contributed by atoms with E-state index in [0.717, 1.165) is 16.3 Å². The van der Waals surface area contributed by atoms with Crippen LogP contribution in [0.1, 0.15) is 10.6 Å². The van der Waals surface area contributed by atoms with Gasteiger partial charge in [0.05, 0.1) is 11.1 Å². The minimum Gasteiger partial charge on any atom is -0.451 e. The van der Waals surface area contributed by atoms with Gasteiger partial charge in [-0.1, -0.05) is 23.7 Å². The molecule has 3 aromatic rings. The first-order chi connectivity index (χ1) is 11.6. The molecule has 0 N–H and O–H groups in total. The summed E-state index contributed by atoms with van der Waals surface area (Å²) in [7, 11) is 0. The Morgan fingerprint density at radius 2 is 2.00 bits per heavy atom. The number of para-hydroxylation sites is 1. The van der Waals surface area contributed by atoms with Crippen molar-refractivity contribution in [1.82, 2.24) is 0 Å². The number of rotatable bonds is 1. The Labute approximate surface area is 147 Å². The van der Waals surface area contributed by atoms with Crippen LogP contribution in [0.25, 0.3) is 11.0 Å². The number of hydrogen-bond donors (Lipinski definition) is 0. The number of fused-ring (bicyclic) bond motifs is 2. The Hall–Kier alpha value is -2.24. The van der Waals surface area contributed by atoms with Gasteiger partial charge in [0.25, 0.3) is 5.91 Å². The molecule has 0 atom stereocenters. The van der Waals surface area contributed by atoms with Crippen LogP contribution in [0.5, 0.6) is 0 Å². The van der Waals surface area contributed by atoms with Gasteiger partial charge in [0.15, 0.2) is 11.2 Å². The standard InChI is InChI=1S/C18H12ClNO3S/c19-11-5-6-15-12(9-11)14(21)10-16(23-15)18(22)20-7-8-24-17-4-2-1-3-13(17)20/h1-6,9-10H,7-8H2. The molecule has 6 heteroatoms. The fourth-order valence-electron chi connectivity index (χ4n) is 2.75. The van der Waals surface area contributed by atoms with Crippen molar-refractivity contribution >= 4 is 45.9 Å². The van der Waals surface area contributed by atoms with Gasteiger partial charge in [-0.2, -0.15) is 0 Å². The number of thioether (sulfide) groups is 1. The second-order valence-corrected chi connectivity index (χ2v) is 6.96. The van der Waals surface area contributed by atoms with Crippen molar-refractivity contribution in [2.75, 3.05) is 17.2 Å². The van der Waals surface area contributed by atoms with Gasteiger partial charge in [0, 0.05) is 28.3 Å². The van der Waals surface area contributed by atoms with Gasteiger partial charge in [-0.3, -0.25) is 9.59 Å². The van der Waals surface area contributed by atoms with Crippen molar-refractivity contribution in [3.8, 4) is 0 Å². The second-order valence-electron chi connectivity index (χ2n) is 5.39. The van der Waals surface area contributed by atoms with Gasteiger partial charge in [0.2, 0.25) is 0 Å². The molecule has 120 valence electrons. The van der Waals surface area contributed by atoms with E-state index in [9.17, 15) is 9.59 Å². The molecule has 1 aliphatic heterocycles. The Balaban J connectivity index is 1.80. The number of halogens is 1. The number of hydrogen-bond acceptors (Lipinski definition) is 4. The normalized spacial score (nSPS) is 13.8. The van der Waals surface area contributed by atoms with E-state index in [4.69, 9.17) is 16.0 Å². The minimum absolute atomic E-state index is 0.0384. The predicted molar refractivity (Wildman–Crippen MR) is 96.3 cm³/mol. The van der Waals surface area contributed by atoms with Crippen molar-refractivity contribution < 1.29 is 9.21 Å². The molecule has 4 nitrogen and oxygen atoms in total. The quantitative estimate of drug-likeness (QED) is 0.655. The summed E-state index contributed by atoms with van der Waals surface area (Å²) in [5, 5.41) is 0.824. The van der Waals surface area contributed by atoms with E-state index in [1.807, 2.05) is 24.3 Å². The van der Waals surface area contributed by atoms with Crippen LogP contribution in [0, 0.1) is 0 Å². The maximum atomic E-state index is 12.9. The molecule has 0 spiro atoms. The third-order valence-corrected chi connectivity index (χ3v) is 5.15. The monoisotopic (exact) mass is 357 g/mol. The fourth-order valence-corrected chi connectivity index (χ4v) is 3.91. The zero-order chi connectivity index (χ0) is 16.7. The molecule has 0 unspecified atom stereocenters. The lowest BCUT2D eigenvalue weighted by Crippen LogP contribution is -2.35. The van der Waals surface area contributed by atoms with Gasteiger partial charge in [-0.15, -0.1) is 11.8 Å². The average molecular weight is 358 g/mol. The number of carbonyl (C=O) groups excluding carboxylic acids is 1. The summed E-state index contributed by atoms with van der Waals surface area (Å²) in [4.78, 5) is 27.9. The summed E-state index contributed by atoms with van der Waals surface area (Å²) in [6, 6.07) is 13.7. The molecule has 1 aromatic heterocycles. The minimum atomic E-state index is -0.309. The smallest absolute Gasteiger partial charge is 0.294 e. The summed E-state index contributed by atoms with van der Waals surface area (Å²) < 4.78 is 5.67. The fraction of sp³-hybridized carbons (Fsp3) is 0.111. The highest BCUT2D eigenvalue weighted by Gasteiger charge is 2.26. The van der Waals surface area contributed by atoms with Crippen LogP contribution >= 0.6 is 23.4 Å². The number of carbonyl (C=O) groups is 1. The molecular weight excluding hydrogens is 346 g/mol. The molecule has 0 radical (unpaired) electrons. The second kappa shape index (κ2) is 6.00. The highest BCUT2D eigenvalue weighted by molar-refractivity contribution is 7.99. The molecular formula is C18H12ClNO3S. The molecule has 1 aliphatic rings. The van der Waals surface area contributed by atoms with E-state index in [-0.39, 0.29) is 17.1 Å². The van der Waals surface area contributed by atoms with Crippen molar-refractivity contribution in [2.24, 2.45) is 0 Å². The van der Waals surface area contributed by atoms with Crippen LogP contribution in [0.3, 0.4) is 0 Å². The van der Waals surface area contributed by atoms with Crippen molar-refractivity contribution in [3.63, 3.8) is 0 Å². The zero-order valence-electron chi connectivity index (χ0n) is 12.5. The summed E-state index contributed by atoms with van der Waals surface area (Å²) in [6.45, 7) is 0.572. The van der Waals surface area contributed by atoms with Gasteiger partial charge < -0.3 is 9.32 Å². The highest BCUT2D eigenvalue weighted by atomic mass is 35.5. The SMILES string of the molecule is O=C(c1cc(=O)c2cc(Cl)ccc2o1)N1CCSc2ccccc21. The highest BCUT2D eigenvalue weighted by Crippen LogP contribution is 2.35. The Morgan fingerprint density at radius 1 is 1.17 bits per heavy atom. The third-order valence-electron chi connectivity index (χ3n) is 3.87. The molecule has 0 aliphatic carbocycles. The summed E-state index contributed by atoms with van der Waals surface area (Å²) in [6.07, 6.45) is 0. The summed E-state index contributed by atoms with van der Waals surface area (Å²) in [5.41, 5.74) is 0.925. The first-order valence-electron chi connectivity index (χ1n) is 7.40. The molecule has 0 saturated heterocycles. The third kappa shape index (κ3) is 2.60. The van der Waals surface area contributed by atoms with Crippen molar-refractivity contribution in [1.29, 1.82) is 0 Å². The Bertz CT molecular complexity index is 1010. The first kappa shape index (κ1) is 15.3. The van der Waals surface area contributed by atoms with Crippen LogP contribution < -0.4 is 10.3 Å². The zero-order valence-corrected chi connectivity index (χ0v) is 14.1. The van der Waals surface area contributed by atoms with E-state index < -0.39 is 0 Å². The molecule has 0 fully saturated rings. The average Bonchev–Trinajstić information content (AvgIpc) is 2.61. The van der Waals surface area contributed by atoms with Crippen LogP contribution in [0.4, 0.5) is 5.69 Å². The van der Waals surface area contributed by atoms with Crippen molar-refractivity contribution in [3.05, 3.63) is 69.5 Å². The van der Waals surface area contributed by atoms with Crippen LogP contribution in [0.2, 0.25) is 5.02 Å². The molecule has 24 heavy (non-hydrogen) atoms. The Morgan fingerprint density at radius 3 is 2.88 bits per heavy atom. The van der Waals surface area contributed by atoms with Gasteiger partial charge >= 0.3 is 0 Å². The van der Waals surface area contributed by atoms with Gasteiger partial charge in [-0.25, -0.2) is 0 Å². The van der Waals surface area contributed by atoms with E-state index >= 15 is 0 Å². The lowest BCUT2D eigenvalue weighted by Gasteiger charge is -2.28. The van der Waals surface area contributed by atoms with E-state index in [0.29, 0.717) is 22.5 Å². The molecule has 2 aromatic carbocycles. The summed E-state index contributed by atoms with van der Waals surface area (Å²) in [5.74, 6) is 0.532. The Kier molecular flexibility index (Phi) is 3.82. The molecule has 4 rings (SSSR count). The molecule has 2 heterocycles. The number of benzene rings is 2. The maximum absolute atomic E-state index is 12.9. The predicted octanol–water partition coefficient (Wildman–Crippen LogP) is 4.20. The van der Waals surface area contributed by atoms with E-state index in [2.05, 4.69) is 0 Å². The summed E-state index contributed by atoms with van der Waals surface area (Å²) >= 11 is 7.62. The van der Waals surface area contributed by atoms with Gasteiger partial charge in [0.1, 0.15) is 5.58 Å². The molecule has 0 bridgehead atoms. The molecule has 1 amide bonds. The van der Waals surface area contributed by atoms with Crippen molar-refractivity contribution in [2.45, 2.75) is 4.90 Å². The van der Waals surface area contributed by atoms with Crippen LogP contribution in [0.15, 0.2) is 62.6 Å². The number of amides is 1. The van der Waals surface area contributed by atoms with E-state index in [1.165, 1.54) is 6.07 Å². The van der Waals surface area contributed by atoms with Crippen LogP contribution in [-0.4, -0.2) is 18.2 Å². The largest absolute Gasteiger partial charge is 0.451 e. The first-order valence-corrected chi connectivity index (χ1v) is 8.77. The molecule has 0 saturated carbocycles. The number of anilines is 1.